The number of hydrogen-bond donors (Lipinski definition) is 4. The van der Waals surface area contributed by atoms with Crippen molar-refractivity contribution in [3.63, 3.8) is 0 Å². The molecule has 2 saturated carbocycles. The Kier molecular flexibility index (Phi) is 12.2. The minimum absolute atomic E-state index is 0.0268. The number of pyridine rings is 1. The van der Waals surface area contributed by atoms with Crippen LogP contribution in [-0.2, 0) is 23.9 Å². The van der Waals surface area contributed by atoms with Crippen LogP contribution in [0.2, 0.25) is 0 Å². The van der Waals surface area contributed by atoms with Crippen molar-refractivity contribution in [2.24, 2.45) is 17.3 Å². The first-order valence-electron chi connectivity index (χ1n) is 19.4. The summed E-state index contributed by atoms with van der Waals surface area (Å²) in [4.78, 5) is 78.0. The number of nitrogens with zero attached hydrogens (tertiary/aromatic N) is 3. The van der Waals surface area contributed by atoms with Gasteiger partial charge in [-0.2, -0.15) is 0 Å². The SMILES string of the molecule is C=C[C@@H]1C[C@]1(NC(=O)[C@@H]1C[C@@](C)(Oc2cc(-c3csc(NC(=O)C(C)C)n3)nc3c(Br)c(OC)ccc23)CN1C(=O)[C@@H](NC(=O)OC1CCCC1)C(C)(C)C)C(=O)O. The van der Waals surface area contributed by atoms with Gasteiger partial charge in [-0.15, -0.1) is 17.9 Å². The maximum Gasteiger partial charge on any atom is 0.408 e. The van der Waals surface area contributed by atoms with E-state index in [1.807, 2.05) is 0 Å². The number of nitrogens with one attached hydrogen (secondary N) is 3. The van der Waals surface area contributed by atoms with Gasteiger partial charge >= 0.3 is 12.1 Å². The monoisotopic (exact) mass is 882 g/mol. The predicted octanol–water partition coefficient (Wildman–Crippen LogP) is 6.69. The molecule has 6 rings (SSSR count). The van der Waals surface area contributed by atoms with Crippen molar-refractivity contribution in [1.29, 1.82) is 0 Å². The Morgan fingerprint density at radius 2 is 1.79 bits per heavy atom. The highest BCUT2D eigenvalue weighted by molar-refractivity contribution is 9.10. The second-order valence-corrected chi connectivity index (χ2v) is 18.6. The molecule has 2 aliphatic carbocycles. The van der Waals surface area contributed by atoms with Crippen LogP contribution in [0.1, 0.15) is 80.1 Å². The maximum absolute atomic E-state index is 14.8. The highest BCUT2D eigenvalue weighted by Gasteiger charge is 2.62. The molecule has 0 bridgehead atoms. The molecule has 0 radical (unpaired) electrons. The normalized spacial score (nSPS) is 23.6. The number of carbonyl (C=O) groups excluding carboxylic acids is 4. The second-order valence-electron chi connectivity index (χ2n) is 17.0. The number of ether oxygens (including phenoxy) is 3. The Bertz CT molecular complexity index is 2130. The summed E-state index contributed by atoms with van der Waals surface area (Å²) in [6.45, 7) is 14.4. The van der Waals surface area contributed by atoms with Crippen LogP contribution in [0.15, 0.2) is 40.7 Å². The van der Waals surface area contributed by atoms with E-state index in [9.17, 15) is 29.1 Å². The highest BCUT2D eigenvalue weighted by Crippen LogP contribution is 2.46. The molecule has 1 saturated heterocycles. The van der Waals surface area contributed by atoms with Gasteiger partial charge in [0.2, 0.25) is 17.7 Å². The number of halogens is 1. The molecule has 3 heterocycles. The summed E-state index contributed by atoms with van der Waals surface area (Å²) >= 11 is 4.88. The first-order valence-corrected chi connectivity index (χ1v) is 21.0. The number of alkyl carbamates (subject to hydrolysis) is 1. The number of carboxylic acids is 1. The van der Waals surface area contributed by atoms with E-state index in [-0.39, 0.29) is 37.3 Å². The summed E-state index contributed by atoms with van der Waals surface area (Å²) < 4.78 is 18.7. The Balaban J connectivity index is 1.37. The number of rotatable bonds is 13. The minimum atomic E-state index is -1.55. The smallest absolute Gasteiger partial charge is 0.408 e. The summed E-state index contributed by atoms with van der Waals surface area (Å²) in [5.74, 6) is -2.45. The van der Waals surface area contributed by atoms with Crippen LogP contribution < -0.4 is 25.4 Å². The van der Waals surface area contributed by atoms with E-state index >= 15 is 0 Å². The second kappa shape index (κ2) is 16.5. The lowest BCUT2D eigenvalue weighted by atomic mass is 9.85. The summed E-state index contributed by atoms with van der Waals surface area (Å²) in [5.41, 5.74) is -2.21. The van der Waals surface area contributed by atoms with E-state index in [2.05, 4.69) is 43.4 Å². The fourth-order valence-electron chi connectivity index (χ4n) is 7.58. The zero-order valence-corrected chi connectivity index (χ0v) is 36.2. The van der Waals surface area contributed by atoms with Gasteiger partial charge in [0.15, 0.2) is 5.13 Å². The van der Waals surface area contributed by atoms with E-state index in [1.54, 1.807) is 65.1 Å². The van der Waals surface area contributed by atoms with Crippen LogP contribution in [0, 0.1) is 17.3 Å². The fourth-order valence-corrected chi connectivity index (χ4v) is 8.89. The van der Waals surface area contributed by atoms with E-state index in [4.69, 9.17) is 19.2 Å². The quantitative estimate of drug-likeness (QED) is 0.133. The van der Waals surface area contributed by atoms with Crippen LogP contribution in [0.3, 0.4) is 0 Å². The molecule has 17 heteroatoms. The van der Waals surface area contributed by atoms with Crippen LogP contribution in [0.5, 0.6) is 11.5 Å². The third-order valence-corrected chi connectivity index (χ3v) is 12.5. The topological polar surface area (TPSA) is 198 Å². The average molecular weight is 884 g/mol. The summed E-state index contributed by atoms with van der Waals surface area (Å²) in [6.07, 6.45) is 4.07. The molecule has 15 nitrogen and oxygen atoms in total. The number of methoxy groups -OCH3 is 1. The van der Waals surface area contributed by atoms with Crippen molar-refractivity contribution in [3.05, 3.63) is 40.7 Å². The molecule has 2 aromatic heterocycles. The summed E-state index contributed by atoms with van der Waals surface area (Å²) in [6, 6.07) is 2.98. The minimum Gasteiger partial charge on any atom is -0.495 e. The van der Waals surface area contributed by atoms with Crippen molar-refractivity contribution in [2.45, 2.75) is 109 Å². The molecule has 4 N–H and O–H groups in total. The molecule has 1 aliphatic heterocycles. The summed E-state index contributed by atoms with van der Waals surface area (Å²) in [7, 11) is 1.54. The van der Waals surface area contributed by atoms with E-state index in [0.717, 1.165) is 25.7 Å². The molecule has 4 amide bonds. The van der Waals surface area contributed by atoms with Gasteiger partial charge < -0.3 is 40.2 Å². The number of amides is 4. The number of likely N-dealkylation sites (tertiary alicyclic amines) is 1. The third-order valence-electron chi connectivity index (χ3n) is 11.0. The fraction of sp³-hybridized carbons (Fsp3) is 0.537. The zero-order chi connectivity index (χ0) is 42.3. The molecule has 3 aliphatic rings. The number of anilines is 1. The zero-order valence-electron chi connectivity index (χ0n) is 33.8. The van der Waals surface area contributed by atoms with E-state index in [0.29, 0.717) is 43.4 Å². The molecular formula is C41H51BrN6O9S. The average Bonchev–Trinajstić information content (AvgIpc) is 3.51. The van der Waals surface area contributed by atoms with Gasteiger partial charge in [-0.1, -0.05) is 40.7 Å². The predicted molar refractivity (Wildman–Crippen MR) is 222 cm³/mol. The van der Waals surface area contributed by atoms with Gasteiger partial charge in [-0.25, -0.2) is 19.6 Å². The Labute approximate surface area is 349 Å². The molecule has 0 unspecified atom stereocenters. The number of aliphatic carboxylic acids is 1. The molecular weight excluding hydrogens is 832 g/mol. The Morgan fingerprint density at radius 1 is 1.09 bits per heavy atom. The molecule has 58 heavy (non-hydrogen) atoms. The van der Waals surface area contributed by atoms with Gasteiger partial charge in [0.05, 0.1) is 29.3 Å². The number of benzene rings is 1. The van der Waals surface area contributed by atoms with Crippen LogP contribution in [0.25, 0.3) is 22.3 Å². The first kappa shape index (κ1) is 42.8. The number of hydrogen-bond acceptors (Lipinski definition) is 11. The van der Waals surface area contributed by atoms with Crippen molar-refractivity contribution >= 4 is 73.1 Å². The number of thiazole rings is 1. The summed E-state index contributed by atoms with van der Waals surface area (Å²) in [5, 5.41) is 21.3. The van der Waals surface area contributed by atoms with Gasteiger partial charge in [0.1, 0.15) is 46.5 Å². The standard InChI is InChI=1S/C41H51BrN6O9S/c1-9-22-17-41(22,36(52)53)47-34(50)27-18-40(7,20-48(27)35(51)32(39(4,5)6)45-38(54)56-23-12-10-11-13-23)57-29-16-25(26-19-58-37(44-26)46-33(49)21(2)3)43-31-24(29)14-15-28(55-8)30(31)42/h9,14-16,19,21-23,27,32H,1,10-13,17-18,20H2,2-8H3,(H,45,54)(H,47,50)(H,52,53)(H,44,46,49)/t22-,27+,32-,40-,41-/m1/s1. The highest BCUT2D eigenvalue weighted by atomic mass is 79.9. The Hall–Kier alpha value is -4.77. The maximum atomic E-state index is 14.8. The number of carboxylic acid groups (broad SMARTS) is 1. The number of carbonyl (C=O) groups is 5. The van der Waals surface area contributed by atoms with Crippen molar-refractivity contribution in [2.75, 3.05) is 19.0 Å². The third kappa shape index (κ3) is 8.79. The van der Waals surface area contributed by atoms with Crippen molar-refractivity contribution in [1.82, 2.24) is 25.5 Å². The first-order chi connectivity index (χ1) is 27.3. The van der Waals surface area contributed by atoms with Crippen LogP contribution in [0.4, 0.5) is 9.93 Å². The molecule has 312 valence electrons. The van der Waals surface area contributed by atoms with Gasteiger partial charge in [-0.3, -0.25) is 14.4 Å². The van der Waals surface area contributed by atoms with Crippen LogP contribution >= 0.6 is 27.3 Å². The van der Waals surface area contributed by atoms with Crippen LogP contribution in [-0.4, -0.2) is 92.7 Å². The Morgan fingerprint density at radius 3 is 2.40 bits per heavy atom. The van der Waals surface area contributed by atoms with E-state index < -0.39 is 58.4 Å². The molecule has 3 fully saturated rings. The molecule has 0 spiro atoms. The lowest BCUT2D eigenvalue weighted by molar-refractivity contribution is -0.146. The number of aromatic nitrogens is 2. The molecule has 3 aromatic rings. The lowest BCUT2D eigenvalue weighted by Gasteiger charge is -2.35. The van der Waals surface area contributed by atoms with Crippen molar-refractivity contribution in [3.8, 4) is 22.9 Å². The molecule has 1 aromatic carbocycles. The van der Waals surface area contributed by atoms with E-state index in [1.165, 1.54) is 29.4 Å². The van der Waals surface area contributed by atoms with Crippen molar-refractivity contribution < 1.29 is 43.3 Å². The number of fused-ring (bicyclic) bond motifs is 1. The van der Waals surface area contributed by atoms with Gasteiger partial charge in [-0.05, 0) is 72.5 Å². The lowest BCUT2D eigenvalue weighted by Crippen LogP contribution is -2.59. The van der Waals surface area contributed by atoms with Gasteiger partial charge in [0, 0.05) is 35.1 Å². The largest absolute Gasteiger partial charge is 0.495 e. The molecule has 5 atom stereocenters. The van der Waals surface area contributed by atoms with Gasteiger partial charge in [0.25, 0.3) is 0 Å².